The Balaban J connectivity index is 1.32. The predicted octanol–water partition coefficient (Wildman–Crippen LogP) is 4.32. The first-order valence-corrected chi connectivity index (χ1v) is 11.9. The lowest BCUT2D eigenvalue weighted by atomic mass is 10.1. The number of aromatic amines is 1. The summed E-state index contributed by atoms with van der Waals surface area (Å²) in [4.78, 5) is 25.3. The van der Waals surface area contributed by atoms with Gasteiger partial charge in [0.15, 0.2) is 11.5 Å². The standard InChI is InChI=1S/C26H26N4O3S/c1-32-22-9-5-17(13-23(22)33-2)24-10-8-19(34-24)14-30-12-11-21-20(15-30)26(31)29-25(28-21)16-3-6-18(27)7-4-16/h3-10,13H,11-12,14-15,27H2,1-2H3,(H,28,29,31). The Bertz CT molecular complexity index is 1380. The van der Waals surface area contributed by atoms with Crippen LogP contribution in [0.15, 0.2) is 59.4 Å². The number of anilines is 1. The molecule has 7 nitrogen and oxygen atoms in total. The number of aromatic nitrogens is 2. The Labute approximate surface area is 201 Å². The molecule has 2 aromatic carbocycles. The SMILES string of the molecule is COc1ccc(-c2ccc(CN3CCc4nc(-c5ccc(N)cc5)[nH]c(=O)c4C3)s2)cc1OC. The summed E-state index contributed by atoms with van der Waals surface area (Å²) in [6, 6.07) is 17.6. The molecule has 0 aliphatic carbocycles. The normalized spacial score (nSPS) is 13.5. The summed E-state index contributed by atoms with van der Waals surface area (Å²) in [6.07, 6.45) is 0.745. The fourth-order valence-corrected chi connectivity index (χ4v) is 5.27. The lowest BCUT2D eigenvalue weighted by Crippen LogP contribution is -2.35. The van der Waals surface area contributed by atoms with E-state index in [9.17, 15) is 4.79 Å². The second-order valence-corrected chi connectivity index (χ2v) is 9.43. The van der Waals surface area contributed by atoms with Crippen LogP contribution >= 0.6 is 11.3 Å². The predicted molar refractivity (Wildman–Crippen MR) is 135 cm³/mol. The number of thiophene rings is 1. The first-order valence-electron chi connectivity index (χ1n) is 11.1. The van der Waals surface area contributed by atoms with Crippen molar-refractivity contribution in [2.45, 2.75) is 19.5 Å². The summed E-state index contributed by atoms with van der Waals surface area (Å²) in [5, 5.41) is 0. The maximum Gasteiger partial charge on any atom is 0.255 e. The van der Waals surface area contributed by atoms with Gasteiger partial charge in [0.2, 0.25) is 0 Å². The van der Waals surface area contributed by atoms with E-state index in [2.05, 4.69) is 22.0 Å². The Morgan fingerprint density at radius 3 is 2.56 bits per heavy atom. The monoisotopic (exact) mass is 474 g/mol. The average molecular weight is 475 g/mol. The molecule has 0 unspecified atom stereocenters. The molecule has 34 heavy (non-hydrogen) atoms. The largest absolute Gasteiger partial charge is 0.493 e. The molecule has 8 heteroatoms. The molecule has 0 spiro atoms. The third kappa shape index (κ3) is 4.42. The summed E-state index contributed by atoms with van der Waals surface area (Å²) in [6.45, 7) is 2.23. The lowest BCUT2D eigenvalue weighted by molar-refractivity contribution is 0.244. The number of hydrogen-bond donors (Lipinski definition) is 2. The fraction of sp³-hybridized carbons (Fsp3) is 0.231. The van der Waals surface area contributed by atoms with Crippen LogP contribution in [0.5, 0.6) is 11.5 Å². The van der Waals surface area contributed by atoms with Gasteiger partial charge in [-0.1, -0.05) is 0 Å². The Kier molecular flexibility index (Phi) is 6.08. The van der Waals surface area contributed by atoms with Gasteiger partial charge in [0.05, 0.1) is 25.5 Å². The van der Waals surface area contributed by atoms with Gasteiger partial charge in [-0.3, -0.25) is 9.69 Å². The number of fused-ring (bicyclic) bond motifs is 1. The highest BCUT2D eigenvalue weighted by Gasteiger charge is 2.22. The molecule has 0 fully saturated rings. The molecule has 1 aliphatic rings. The summed E-state index contributed by atoms with van der Waals surface area (Å²) >= 11 is 1.75. The van der Waals surface area contributed by atoms with Crippen LogP contribution in [0.1, 0.15) is 16.1 Å². The van der Waals surface area contributed by atoms with Crippen molar-refractivity contribution in [3.8, 4) is 33.3 Å². The topological polar surface area (TPSA) is 93.5 Å². The van der Waals surface area contributed by atoms with Gasteiger partial charge in [-0.05, 0) is 60.2 Å². The van der Waals surface area contributed by atoms with Crippen LogP contribution in [0, 0.1) is 0 Å². The highest BCUT2D eigenvalue weighted by Crippen LogP contribution is 2.36. The molecule has 0 bridgehead atoms. The average Bonchev–Trinajstić information content (AvgIpc) is 3.32. The zero-order valence-corrected chi connectivity index (χ0v) is 19.9. The lowest BCUT2D eigenvalue weighted by Gasteiger charge is -2.27. The van der Waals surface area contributed by atoms with Gasteiger partial charge in [0, 0.05) is 47.1 Å². The maximum absolute atomic E-state index is 12.9. The number of nitrogens with two attached hydrogens (primary N) is 1. The minimum Gasteiger partial charge on any atom is -0.493 e. The van der Waals surface area contributed by atoms with Gasteiger partial charge >= 0.3 is 0 Å². The van der Waals surface area contributed by atoms with Crippen LogP contribution in [0.2, 0.25) is 0 Å². The molecular weight excluding hydrogens is 448 g/mol. The van der Waals surface area contributed by atoms with Gasteiger partial charge in [-0.15, -0.1) is 11.3 Å². The van der Waals surface area contributed by atoms with Crippen LogP contribution in [-0.4, -0.2) is 35.6 Å². The number of ether oxygens (including phenoxy) is 2. The van der Waals surface area contributed by atoms with Crippen molar-refractivity contribution < 1.29 is 9.47 Å². The number of methoxy groups -OCH3 is 2. The molecule has 0 saturated carbocycles. The molecule has 0 radical (unpaired) electrons. The Morgan fingerprint density at radius 2 is 1.79 bits per heavy atom. The van der Waals surface area contributed by atoms with E-state index in [1.807, 2.05) is 42.5 Å². The third-order valence-electron chi connectivity index (χ3n) is 6.04. The summed E-state index contributed by atoms with van der Waals surface area (Å²) < 4.78 is 10.8. The Hall–Kier alpha value is -3.62. The number of rotatable bonds is 6. The van der Waals surface area contributed by atoms with E-state index in [0.29, 0.717) is 29.6 Å². The van der Waals surface area contributed by atoms with E-state index in [-0.39, 0.29) is 5.56 Å². The third-order valence-corrected chi connectivity index (χ3v) is 7.16. The van der Waals surface area contributed by atoms with Crippen LogP contribution in [0.3, 0.4) is 0 Å². The molecule has 0 amide bonds. The smallest absolute Gasteiger partial charge is 0.255 e. The van der Waals surface area contributed by atoms with Crippen molar-refractivity contribution in [1.82, 2.24) is 14.9 Å². The number of nitrogens with zero attached hydrogens (tertiary/aromatic N) is 2. The number of hydrogen-bond acceptors (Lipinski definition) is 7. The van der Waals surface area contributed by atoms with E-state index in [1.165, 1.54) is 9.75 Å². The van der Waals surface area contributed by atoms with E-state index < -0.39 is 0 Å². The van der Waals surface area contributed by atoms with E-state index >= 15 is 0 Å². The van der Waals surface area contributed by atoms with Gasteiger partial charge in [-0.2, -0.15) is 0 Å². The van der Waals surface area contributed by atoms with E-state index in [4.69, 9.17) is 20.2 Å². The first kappa shape index (κ1) is 22.2. The number of nitrogen functional groups attached to an aromatic ring is 1. The minimum atomic E-state index is -0.0706. The molecule has 3 N–H and O–H groups in total. The quantitative estimate of drug-likeness (QED) is 0.404. The molecule has 2 aromatic heterocycles. The highest BCUT2D eigenvalue weighted by atomic mass is 32.1. The molecule has 0 saturated heterocycles. The van der Waals surface area contributed by atoms with E-state index in [0.717, 1.165) is 41.9 Å². The second-order valence-electron chi connectivity index (χ2n) is 8.26. The highest BCUT2D eigenvalue weighted by molar-refractivity contribution is 7.15. The molecular formula is C26H26N4O3S. The van der Waals surface area contributed by atoms with E-state index in [1.54, 1.807) is 25.6 Å². The van der Waals surface area contributed by atoms with Crippen molar-refractivity contribution in [2.24, 2.45) is 0 Å². The number of nitrogens with one attached hydrogen (secondary N) is 1. The van der Waals surface area contributed by atoms with Crippen LogP contribution in [-0.2, 0) is 19.5 Å². The number of benzene rings is 2. The molecule has 5 rings (SSSR count). The van der Waals surface area contributed by atoms with Gasteiger partial charge in [-0.25, -0.2) is 4.98 Å². The van der Waals surface area contributed by atoms with Crippen LogP contribution in [0.4, 0.5) is 5.69 Å². The zero-order chi connectivity index (χ0) is 23.7. The van der Waals surface area contributed by atoms with Crippen molar-refractivity contribution in [3.63, 3.8) is 0 Å². The number of H-pyrrole nitrogens is 1. The van der Waals surface area contributed by atoms with Gasteiger partial charge < -0.3 is 20.2 Å². The van der Waals surface area contributed by atoms with Crippen molar-refractivity contribution in [2.75, 3.05) is 26.5 Å². The summed E-state index contributed by atoms with van der Waals surface area (Å²) in [5.74, 6) is 2.02. The van der Waals surface area contributed by atoms with Gasteiger partial charge in [0.25, 0.3) is 5.56 Å². The molecule has 0 atom stereocenters. The summed E-state index contributed by atoms with van der Waals surface area (Å²) in [5.41, 5.74) is 9.97. The maximum atomic E-state index is 12.9. The second kappa shape index (κ2) is 9.32. The van der Waals surface area contributed by atoms with Crippen LogP contribution < -0.4 is 20.8 Å². The molecule has 4 aromatic rings. The molecule has 174 valence electrons. The van der Waals surface area contributed by atoms with Crippen molar-refractivity contribution in [3.05, 3.63) is 81.1 Å². The fourth-order valence-electron chi connectivity index (χ4n) is 4.22. The van der Waals surface area contributed by atoms with Crippen molar-refractivity contribution >= 4 is 17.0 Å². The Morgan fingerprint density at radius 1 is 1.03 bits per heavy atom. The van der Waals surface area contributed by atoms with Gasteiger partial charge in [0.1, 0.15) is 5.82 Å². The minimum absolute atomic E-state index is 0.0706. The molecule has 1 aliphatic heterocycles. The van der Waals surface area contributed by atoms with Crippen molar-refractivity contribution in [1.29, 1.82) is 0 Å². The summed E-state index contributed by atoms with van der Waals surface area (Å²) in [7, 11) is 3.28. The molecule has 3 heterocycles. The zero-order valence-electron chi connectivity index (χ0n) is 19.1. The van der Waals surface area contributed by atoms with Crippen LogP contribution in [0.25, 0.3) is 21.8 Å². The first-order chi connectivity index (χ1) is 16.5.